The molecule has 1 saturated carbocycles. The molecule has 1 aliphatic heterocycles. The highest BCUT2D eigenvalue weighted by molar-refractivity contribution is 7.92. The largest absolute Gasteiger partial charge is 0.336 e. The van der Waals surface area contributed by atoms with Gasteiger partial charge in [0, 0.05) is 12.6 Å². The van der Waals surface area contributed by atoms with Gasteiger partial charge in [-0.1, -0.05) is 12.8 Å². The van der Waals surface area contributed by atoms with Crippen LogP contribution in [0.4, 0.5) is 0 Å². The zero-order valence-corrected chi connectivity index (χ0v) is 13.1. The second-order valence-corrected chi connectivity index (χ2v) is 8.15. The number of halogens is 1. The summed E-state index contributed by atoms with van der Waals surface area (Å²) in [5.74, 6) is -0.00500. The molecule has 0 aromatic rings. The third kappa shape index (κ3) is 2.90. The van der Waals surface area contributed by atoms with Crippen molar-refractivity contribution in [3.63, 3.8) is 0 Å². The van der Waals surface area contributed by atoms with Gasteiger partial charge in [0.1, 0.15) is 0 Å². The fourth-order valence-corrected chi connectivity index (χ4v) is 4.53. The molecule has 1 amide bonds. The Morgan fingerprint density at radius 3 is 2.32 bits per heavy atom. The fourth-order valence-electron chi connectivity index (χ4n) is 2.96. The van der Waals surface area contributed by atoms with Crippen LogP contribution in [-0.4, -0.2) is 48.4 Å². The van der Waals surface area contributed by atoms with Crippen LogP contribution >= 0.6 is 12.4 Å². The lowest BCUT2D eigenvalue weighted by Crippen LogP contribution is -2.61. The van der Waals surface area contributed by atoms with Gasteiger partial charge >= 0.3 is 0 Å². The average molecular weight is 311 g/mol. The van der Waals surface area contributed by atoms with Gasteiger partial charge in [0.2, 0.25) is 5.91 Å². The maximum Gasteiger partial charge on any atom is 0.242 e. The van der Waals surface area contributed by atoms with Crippen LogP contribution in [-0.2, 0) is 14.6 Å². The molecule has 1 saturated heterocycles. The molecule has 1 aliphatic carbocycles. The van der Waals surface area contributed by atoms with Gasteiger partial charge in [-0.2, -0.15) is 0 Å². The van der Waals surface area contributed by atoms with Gasteiger partial charge in [0.05, 0.1) is 16.5 Å². The van der Waals surface area contributed by atoms with Gasteiger partial charge in [0.15, 0.2) is 9.84 Å². The first-order chi connectivity index (χ1) is 8.28. The Morgan fingerprint density at radius 1 is 1.26 bits per heavy atom. The molecule has 5 nitrogen and oxygen atoms in total. The van der Waals surface area contributed by atoms with Crippen molar-refractivity contribution in [2.75, 3.05) is 12.3 Å². The summed E-state index contributed by atoms with van der Waals surface area (Å²) in [6.07, 6.45) is 3.41. The van der Waals surface area contributed by atoms with Gasteiger partial charge in [-0.25, -0.2) is 8.42 Å². The van der Waals surface area contributed by atoms with Crippen LogP contribution in [0.1, 0.15) is 39.5 Å². The minimum absolute atomic E-state index is 0. The number of carbonyl (C=O) groups is 1. The molecule has 0 aromatic heterocycles. The quantitative estimate of drug-likeness (QED) is 0.773. The topological polar surface area (TPSA) is 80.5 Å². The zero-order chi connectivity index (χ0) is 13.6. The molecule has 2 fully saturated rings. The second-order valence-electron chi connectivity index (χ2n) is 5.67. The lowest BCUT2D eigenvalue weighted by atomic mass is 9.96. The van der Waals surface area contributed by atoms with Crippen molar-refractivity contribution in [2.45, 2.75) is 56.4 Å². The van der Waals surface area contributed by atoms with E-state index >= 15 is 0 Å². The molecule has 1 heterocycles. The molecule has 2 atom stereocenters. The highest BCUT2D eigenvalue weighted by Crippen LogP contribution is 2.31. The van der Waals surface area contributed by atoms with Crippen LogP contribution in [0.2, 0.25) is 0 Å². The Kier molecular flexibility index (Phi) is 4.91. The molecular weight excluding hydrogens is 288 g/mol. The third-order valence-electron chi connectivity index (χ3n) is 4.54. The summed E-state index contributed by atoms with van der Waals surface area (Å²) in [6, 6.07) is -0.280. The number of hydrogen-bond acceptors (Lipinski definition) is 4. The van der Waals surface area contributed by atoms with Crippen molar-refractivity contribution in [2.24, 2.45) is 5.73 Å². The van der Waals surface area contributed by atoms with Crippen LogP contribution in [0.5, 0.6) is 0 Å². The molecule has 0 bridgehead atoms. The molecule has 2 N–H and O–H groups in total. The van der Waals surface area contributed by atoms with E-state index in [1.165, 1.54) is 0 Å². The Hall–Kier alpha value is -0.330. The first-order valence-electron chi connectivity index (χ1n) is 6.59. The van der Waals surface area contributed by atoms with Crippen molar-refractivity contribution >= 4 is 28.2 Å². The highest BCUT2D eigenvalue weighted by atomic mass is 35.5. The van der Waals surface area contributed by atoms with E-state index in [4.69, 9.17) is 5.73 Å². The standard InChI is InChI=1S/C12H22N2O3S.ClH/c1-9-10(2)18(16,17)8-7-14(9)11(15)12(13)5-3-4-6-12;/h9-10H,3-8,13H2,1-2H3;1H. The molecule has 0 aromatic carbocycles. The average Bonchev–Trinajstić information content (AvgIpc) is 2.74. The summed E-state index contributed by atoms with van der Waals surface area (Å²) < 4.78 is 23.6. The lowest BCUT2D eigenvalue weighted by molar-refractivity contribution is -0.138. The summed E-state index contributed by atoms with van der Waals surface area (Å²) in [7, 11) is -3.06. The van der Waals surface area contributed by atoms with E-state index in [1.54, 1.807) is 18.7 Å². The van der Waals surface area contributed by atoms with Crippen LogP contribution < -0.4 is 5.73 Å². The molecular formula is C12H23ClN2O3S. The van der Waals surface area contributed by atoms with Crippen molar-refractivity contribution in [1.82, 2.24) is 4.90 Å². The number of rotatable bonds is 1. The molecule has 0 radical (unpaired) electrons. The van der Waals surface area contributed by atoms with Crippen molar-refractivity contribution in [3.8, 4) is 0 Å². The van der Waals surface area contributed by atoms with Crippen molar-refractivity contribution in [3.05, 3.63) is 0 Å². The SMILES string of the molecule is CC1C(C)S(=O)(=O)CCN1C(=O)C1(N)CCCC1.Cl. The fraction of sp³-hybridized carbons (Fsp3) is 0.917. The van der Waals surface area contributed by atoms with Crippen LogP contribution in [0.3, 0.4) is 0 Å². The molecule has 2 unspecified atom stereocenters. The van der Waals surface area contributed by atoms with Gasteiger partial charge < -0.3 is 10.6 Å². The second kappa shape index (κ2) is 5.58. The Labute approximate surface area is 121 Å². The van der Waals surface area contributed by atoms with Gasteiger partial charge in [-0.3, -0.25) is 4.79 Å². The summed E-state index contributed by atoms with van der Waals surface area (Å²) in [6.45, 7) is 3.76. The maximum absolute atomic E-state index is 12.5. The number of sulfone groups is 1. The number of hydrogen-bond donors (Lipinski definition) is 1. The third-order valence-corrected chi connectivity index (χ3v) is 6.82. The molecule has 112 valence electrons. The first kappa shape index (κ1) is 16.7. The van der Waals surface area contributed by atoms with Crippen molar-refractivity contribution < 1.29 is 13.2 Å². The predicted molar refractivity (Wildman–Crippen MR) is 77.1 cm³/mol. The predicted octanol–water partition coefficient (Wildman–Crippen LogP) is 0.714. The first-order valence-corrected chi connectivity index (χ1v) is 8.31. The van der Waals surface area contributed by atoms with Crippen LogP contribution in [0.25, 0.3) is 0 Å². The summed E-state index contributed by atoms with van der Waals surface area (Å²) in [5.41, 5.74) is 5.41. The lowest BCUT2D eigenvalue weighted by Gasteiger charge is -2.41. The number of nitrogens with two attached hydrogens (primary N) is 1. The van der Waals surface area contributed by atoms with E-state index in [0.29, 0.717) is 0 Å². The van der Waals surface area contributed by atoms with E-state index in [2.05, 4.69) is 0 Å². The molecule has 19 heavy (non-hydrogen) atoms. The molecule has 7 heteroatoms. The van der Waals surface area contributed by atoms with Crippen molar-refractivity contribution in [1.29, 1.82) is 0 Å². The van der Waals surface area contributed by atoms with E-state index in [0.717, 1.165) is 25.7 Å². The van der Waals surface area contributed by atoms with E-state index in [1.807, 2.05) is 0 Å². The molecule has 2 rings (SSSR count). The van der Waals surface area contributed by atoms with Gasteiger partial charge in [0.25, 0.3) is 0 Å². The monoisotopic (exact) mass is 310 g/mol. The molecule has 0 spiro atoms. The number of amides is 1. The van der Waals surface area contributed by atoms with Crippen LogP contribution in [0, 0.1) is 0 Å². The number of nitrogens with zero attached hydrogens (tertiary/aromatic N) is 1. The van der Waals surface area contributed by atoms with E-state index in [-0.39, 0.29) is 36.7 Å². The minimum Gasteiger partial charge on any atom is -0.336 e. The van der Waals surface area contributed by atoms with Gasteiger partial charge in [-0.05, 0) is 26.7 Å². The van der Waals surface area contributed by atoms with E-state index in [9.17, 15) is 13.2 Å². The maximum atomic E-state index is 12.5. The summed E-state index contributed by atoms with van der Waals surface area (Å²) in [5, 5.41) is -0.500. The Morgan fingerprint density at radius 2 is 1.79 bits per heavy atom. The van der Waals surface area contributed by atoms with E-state index < -0.39 is 20.6 Å². The Balaban J connectivity index is 0.00000180. The zero-order valence-electron chi connectivity index (χ0n) is 11.5. The summed E-state index contributed by atoms with van der Waals surface area (Å²) in [4.78, 5) is 14.2. The molecule has 2 aliphatic rings. The minimum atomic E-state index is -3.06. The smallest absolute Gasteiger partial charge is 0.242 e. The normalized spacial score (nSPS) is 32.7. The highest BCUT2D eigenvalue weighted by Gasteiger charge is 2.45. The number of carbonyl (C=O) groups excluding carboxylic acids is 1. The van der Waals surface area contributed by atoms with Gasteiger partial charge in [-0.15, -0.1) is 12.4 Å². The van der Waals surface area contributed by atoms with Crippen LogP contribution in [0.15, 0.2) is 0 Å². The Bertz CT molecular complexity index is 446. The summed E-state index contributed by atoms with van der Waals surface area (Å²) >= 11 is 0.